The lowest BCUT2D eigenvalue weighted by molar-refractivity contribution is -0.117. The van der Waals surface area contributed by atoms with Crippen molar-refractivity contribution in [3.05, 3.63) is 47.5 Å². The van der Waals surface area contributed by atoms with Gasteiger partial charge in [0.05, 0.1) is 29.9 Å². The highest BCUT2D eigenvalue weighted by Crippen LogP contribution is 2.53. The van der Waals surface area contributed by atoms with Crippen LogP contribution in [0.4, 0.5) is 20.2 Å². The number of benzene rings is 2. The number of hydrogen-bond donors (Lipinski definition) is 1. The van der Waals surface area contributed by atoms with Gasteiger partial charge in [-0.2, -0.15) is 0 Å². The van der Waals surface area contributed by atoms with Gasteiger partial charge in [0.2, 0.25) is 0 Å². The van der Waals surface area contributed by atoms with E-state index in [1.165, 1.54) is 24.6 Å². The van der Waals surface area contributed by atoms with Crippen LogP contribution in [0.3, 0.4) is 0 Å². The zero-order valence-electron chi connectivity index (χ0n) is 25.3. The fraction of sp³-hybridized carbons (Fsp3) is 0.606. The number of para-hydroxylation sites is 1. The number of anilines is 2. The molecule has 9 heteroatoms. The van der Waals surface area contributed by atoms with Crippen molar-refractivity contribution < 1.29 is 23.4 Å². The van der Waals surface area contributed by atoms with E-state index in [9.17, 15) is 14.3 Å². The summed E-state index contributed by atoms with van der Waals surface area (Å²) in [7, 11) is 5.46. The Morgan fingerprint density at radius 2 is 1.76 bits per heavy atom. The van der Waals surface area contributed by atoms with Gasteiger partial charge >= 0.3 is 0 Å². The Morgan fingerprint density at radius 1 is 1.07 bits per heavy atom. The molecule has 3 aliphatic rings. The zero-order valence-corrected chi connectivity index (χ0v) is 25.3. The number of methoxy groups -OCH3 is 1. The van der Waals surface area contributed by atoms with Crippen LogP contribution in [0.2, 0.25) is 0 Å². The molecule has 0 spiro atoms. The van der Waals surface area contributed by atoms with Crippen LogP contribution >= 0.6 is 0 Å². The Hall–Kier alpha value is -2.91. The smallest absolute Gasteiger partial charge is 0.175 e. The number of carbonyl (C=O) groups excluding carboxylic acids is 1. The second-order valence-electron chi connectivity index (χ2n) is 12.6. The first-order valence-corrected chi connectivity index (χ1v) is 15.5. The van der Waals surface area contributed by atoms with E-state index >= 15 is 4.39 Å². The zero-order chi connectivity index (χ0) is 29.9. The molecule has 0 bridgehead atoms. The van der Waals surface area contributed by atoms with E-state index in [2.05, 4.69) is 21.7 Å². The third kappa shape index (κ3) is 6.23. The van der Waals surface area contributed by atoms with E-state index in [-0.39, 0.29) is 11.5 Å². The number of phenols is 1. The van der Waals surface area contributed by atoms with Gasteiger partial charge in [-0.25, -0.2) is 8.78 Å². The Kier molecular flexibility index (Phi) is 9.57. The molecule has 2 aromatic carbocycles. The van der Waals surface area contributed by atoms with E-state index in [0.717, 1.165) is 77.8 Å². The minimum absolute atomic E-state index is 0.248. The van der Waals surface area contributed by atoms with Crippen LogP contribution in [0, 0.1) is 23.0 Å². The van der Waals surface area contributed by atoms with Crippen LogP contribution in [-0.4, -0.2) is 88.2 Å². The maximum atomic E-state index is 16.0. The molecule has 1 atom stereocenters. The molecule has 42 heavy (non-hydrogen) atoms. The van der Waals surface area contributed by atoms with Crippen LogP contribution in [0.25, 0.3) is 0 Å². The Balaban J connectivity index is 1.37. The summed E-state index contributed by atoms with van der Waals surface area (Å²) < 4.78 is 36.3. The van der Waals surface area contributed by atoms with Crippen molar-refractivity contribution in [2.45, 2.75) is 51.0 Å². The van der Waals surface area contributed by atoms with Gasteiger partial charge in [0.25, 0.3) is 0 Å². The average molecular weight is 585 g/mol. The van der Waals surface area contributed by atoms with Crippen molar-refractivity contribution in [2.75, 3.05) is 76.8 Å². The van der Waals surface area contributed by atoms with Crippen LogP contribution in [0.5, 0.6) is 11.5 Å². The minimum atomic E-state index is -0.823. The van der Waals surface area contributed by atoms with Crippen LogP contribution < -0.4 is 14.5 Å². The molecule has 3 fully saturated rings. The van der Waals surface area contributed by atoms with Crippen LogP contribution in [0.1, 0.15) is 56.6 Å². The number of carbonyl (C=O) groups is 1. The quantitative estimate of drug-likeness (QED) is 0.372. The number of rotatable bonds is 10. The standard InChI is InChI=1S/C33H46F2N4O3/c1-36-17-19-38(20-18-36)14-9-24-10-15-39(16-11-24)29-22-30(42-3)25(21-27(29)35)32(33(23-40)12-4-5-13-33)37(2)28-8-6-7-26(34)31(28)41/h6-8,21-24,32,41H,4-5,9-20H2,1-3H3. The molecule has 2 aliphatic heterocycles. The summed E-state index contributed by atoms with van der Waals surface area (Å²) in [6.07, 6.45) is 7.17. The highest BCUT2D eigenvalue weighted by atomic mass is 19.1. The normalized spacial score (nSPS) is 20.9. The largest absolute Gasteiger partial charge is 0.503 e. The number of nitrogens with zero attached hydrogens (tertiary/aromatic N) is 4. The first-order valence-electron chi connectivity index (χ1n) is 15.5. The predicted molar refractivity (Wildman–Crippen MR) is 163 cm³/mol. The fourth-order valence-electron chi connectivity index (χ4n) is 7.41. The van der Waals surface area contributed by atoms with Crippen molar-refractivity contribution in [1.82, 2.24) is 9.80 Å². The summed E-state index contributed by atoms with van der Waals surface area (Å²) in [4.78, 5) is 21.5. The third-order valence-corrected chi connectivity index (χ3v) is 10.0. The number of piperazine rings is 1. The SMILES string of the molecule is COc1cc(N2CCC(CCN3CCN(C)CC3)CC2)c(F)cc1C(N(C)c1cccc(F)c1O)C1(C=O)CCCC1. The van der Waals surface area contributed by atoms with Crippen LogP contribution in [0.15, 0.2) is 30.3 Å². The second kappa shape index (κ2) is 13.2. The van der Waals surface area contributed by atoms with Gasteiger partial charge in [-0.05, 0) is 69.8 Å². The molecule has 0 amide bonds. The highest BCUT2D eigenvalue weighted by molar-refractivity contribution is 5.69. The van der Waals surface area contributed by atoms with Gasteiger partial charge in [0.15, 0.2) is 11.6 Å². The first kappa shape index (κ1) is 30.5. The third-order valence-electron chi connectivity index (χ3n) is 10.0. The van der Waals surface area contributed by atoms with Crippen molar-refractivity contribution in [3.8, 4) is 11.5 Å². The molecule has 0 aromatic heterocycles. The lowest BCUT2D eigenvalue weighted by Crippen LogP contribution is -2.45. The van der Waals surface area contributed by atoms with Crippen LogP contribution in [-0.2, 0) is 4.79 Å². The molecule has 1 unspecified atom stereocenters. The topological polar surface area (TPSA) is 59.5 Å². The number of aromatic hydroxyl groups is 1. The molecule has 0 radical (unpaired) electrons. The lowest BCUT2D eigenvalue weighted by Gasteiger charge is -2.42. The molecular weight excluding hydrogens is 538 g/mol. The van der Waals surface area contributed by atoms with E-state index < -0.39 is 23.0 Å². The molecular formula is C33H46F2N4O3. The Labute approximate surface area is 249 Å². The number of likely N-dealkylation sites (N-methyl/N-ethyl adjacent to an activating group) is 1. The minimum Gasteiger partial charge on any atom is -0.503 e. The maximum Gasteiger partial charge on any atom is 0.175 e. The maximum absolute atomic E-state index is 16.0. The number of piperidine rings is 1. The summed E-state index contributed by atoms with van der Waals surface area (Å²) in [5.41, 5.74) is 0.464. The Morgan fingerprint density at radius 3 is 2.40 bits per heavy atom. The molecule has 1 aliphatic carbocycles. The average Bonchev–Trinajstić information content (AvgIpc) is 3.49. The number of hydrogen-bond acceptors (Lipinski definition) is 7. The van der Waals surface area contributed by atoms with E-state index in [0.29, 0.717) is 35.8 Å². The van der Waals surface area contributed by atoms with Gasteiger partial charge in [-0.1, -0.05) is 18.9 Å². The first-order chi connectivity index (χ1) is 20.3. The van der Waals surface area contributed by atoms with E-state index in [1.54, 1.807) is 31.2 Å². The van der Waals surface area contributed by atoms with Crippen molar-refractivity contribution >= 4 is 17.7 Å². The predicted octanol–water partition coefficient (Wildman–Crippen LogP) is 5.47. The lowest BCUT2D eigenvalue weighted by atomic mass is 9.75. The van der Waals surface area contributed by atoms with Crippen molar-refractivity contribution in [3.63, 3.8) is 0 Å². The molecule has 1 saturated carbocycles. The molecule has 2 aromatic rings. The summed E-state index contributed by atoms with van der Waals surface area (Å²) in [5, 5.41) is 10.6. The van der Waals surface area contributed by atoms with Gasteiger partial charge < -0.3 is 34.2 Å². The van der Waals surface area contributed by atoms with Crippen molar-refractivity contribution in [1.29, 1.82) is 0 Å². The van der Waals surface area contributed by atoms with E-state index in [4.69, 9.17) is 4.74 Å². The monoisotopic (exact) mass is 584 g/mol. The van der Waals surface area contributed by atoms with Gasteiger partial charge in [0, 0.05) is 57.9 Å². The number of halogens is 2. The van der Waals surface area contributed by atoms with Gasteiger partial charge in [-0.3, -0.25) is 0 Å². The molecule has 1 N–H and O–H groups in total. The van der Waals surface area contributed by atoms with Gasteiger partial charge in [0.1, 0.15) is 17.9 Å². The summed E-state index contributed by atoms with van der Waals surface area (Å²) in [6, 6.07) is 6.94. The number of ether oxygens (including phenoxy) is 1. The molecule has 2 heterocycles. The van der Waals surface area contributed by atoms with Crippen molar-refractivity contribution in [2.24, 2.45) is 11.3 Å². The number of phenolic OH excluding ortho intramolecular Hbond substituents is 1. The Bertz CT molecular complexity index is 1220. The molecule has 7 nitrogen and oxygen atoms in total. The summed E-state index contributed by atoms with van der Waals surface area (Å²) >= 11 is 0. The fourth-order valence-corrected chi connectivity index (χ4v) is 7.41. The summed E-state index contributed by atoms with van der Waals surface area (Å²) in [5.74, 6) is -0.468. The molecule has 5 rings (SSSR count). The molecule has 230 valence electrons. The molecule has 2 saturated heterocycles. The second-order valence-corrected chi connectivity index (χ2v) is 12.6. The summed E-state index contributed by atoms with van der Waals surface area (Å²) in [6.45, 7) is 7.22. The van der Waals surface area contributed by atoms with E-state index in [1.807, 2.05) is 0 Å². The number of aldehydes is 1. The highest BCUT2D eigenvalue weighted by Gasteiger charge is 2.46. The van der Waals surface area contributed by atoms with Gasteiger partial charge in [-0.15, -0.1) is 0 Å².